The fraction of sp³-hybridized carbons (Fsp3) is 0.364. The third-order valence-electron chi connectivity index (χ3n) is 5.16. The van der Waals surface area contributed by atoms with Gasteiger partial charge in [0.25, 0.3) is 0 Å². The van der Waals surface area contributed by atoms with Crippen molar-refractivity contribution in [1.82, 2.24) is 0 Å². The molecule has 1 unspecified atom stereocenters. The van der Waals surface area contributed by atoms with Crippen molar-refractivity contribution in [1.29, 1.82) is 0 Å². The minimum atomic E-state index is -1.16. The van der Waals surface area contributed by atoms with Gasteiger partial charge in [-0.25, -0.2) is 0 Å². The molecule has 1 heterocycles. The van der Waals surface area contributed by atoms with Crippen molar-refractivity contribution < 1.29 is 9.59 Å². The number of anilines is 2. The predicted molar refractivity (Wildman–Crippen MR) is 105 cm³/mol. The van der Waals surface area contributed by atoms with Crippen molar-refractivity contribution in [2.75, 3.05) is 10.2 Å². The first-order chi connectivity index (χ1) is 12.2. The highest BCUT2D eigenvalue weighted by molar-refractivity contribution is 6.15. The van der Waals surface area contributed by atoms with Gasteiger partial charge in [0.15, 0.2) is 0 Å². The van der Waals surface area contributed by atoms with Crippen LogP contribution in [0.25, 0.3) is 0 Å². The first-order valence-corrected chi connectivity index (χ1v) is 9.02. The summed E-state index contributed by atoms with van der Waals surface area (Å²) in [5, 5.41) is 2.93. The van der Waals surface area contributed by atoms with Gasteiger partial charge in [-0.05, 0) is 64.3 Å². The van der Waals surface area contributed by atoms with Gasteiger partial charge in [0.05, 0.1) is 0 Å². The van der Waals surface area contributed by atoms with Gasteiger partial charge in [-0.1, -0.05) is 35.9 Å². The Bertz CT molecular complexity index is 870. The van der Waals surface area contributed by atoms with Crippen LogP contribution >= 0.6 is 0 Å². The Kier molecular flexibility index (Phi) is 4.61. The normalized spacial score (nSPS) is 16.3. The third kappa shape index (κ3) is 3.12. The summed E-state index contributed by atoms with van der Waals surface area (Å²) in [6.07, 6.45) is 0.816. The van der Waals surface area contributed by atoms with E-state index in [0.29, 0.717) is 0 Å². The summed E-state index contributed by atoms with van der Waals surface area (Å²) in [7, 11) is 0. The van der Waals surface area contributed by atoms with E-state index in [1.54, 1.807) is 18.7 Å². The SMILES string of the molecule is Cc1ccc(NC(=O)C(C)(C)C(=O)N2c3ccccc3CC2C)c(C)c1. The molecule has 0 aromatic heterocycles. The van der Waals surface area contributed by atoms with Crippen LogP contribution in [0.1, 0.15) is 37.5 Å². The molecule has 2 aromatic carbocycles. The van der Waals surface area contributed by atoms with Crippen LogP contribution in [0, 0.1) is 19.3 Å². The van der Waals surface area contributed by atoms with Gasteiger partial charge in [0.2, 0.25) is 11.8 Å². The van der Waals surface area contributed by atoms with Crippen molar-refractivity contribution in [2.45, 2.75) is 47.1 Å². The molecule has 0 radical (unpaired) electrons. The largest absolute Gasteiger partial charge is 0.325 e. The van der Waals surface area contributed by atoms with Crippen LogP contribution in [0.4, 0.5) is 11.4 Å². The summed E-state index contributed by atoms with van der Waals surface area (Å²) in [5.41, 5.74) is 3.77. The van der Waals surface area contributed by atoms with E-state index in [2.05, 4.69) is 5.32 Å². The molecule has 2 amide bonds. The second-order valence-corrected chi connectivity index (χ2v) is 7.75. The Hall–Kier alpha value is -2.62. The number of amides is 2. The number of carbonyl (C=O) groups excluding carboxylic acids is 2. The van der Waals surface area contributed by atoms with E-state index in [0.717, 1.165) is 34.5 Å². The molecule has 0 bridgehead atoms. The van der Waals surface area contributed by atoms with Gasteiger partial charge in [-0.3, -0.25) is 9.59 Å². The summed E-state index contributed by atoms with van der Waals surface area (Å²) in [6, 6.07) is 13.8. The molecule has 1 N–H and O–H groups in total. The number of hydrogen-bond donors (Lipinski definition) is 1. The van der Waals surface area contributed by atoms with Gasteiger partial charge in [-0.15, -0.1) is 0 Å². The molecular weight excluding hydrogens is 324 g/mol. The lowest BCUT2D eigenvalue weighted by Gasteiger charge is -2.31. The minimum Gasteiger partial charge on any atom is -0.325 e. The number of rotatable bonds is 3. The van der Waals surface area contributed by atoms with Crippen LogP contribution < -0.4 is 10.2 Å². The monoisotopic (exact) mass is 350 g/mol. The number of aryl methyl sites for hydroxylation is 2. The lowest BCUT2D eigenvalue weighted by Crippen LogP contribution is -2.49. The Morgan fingerprint density at radius 3 is 2.50 bits per heavy atom. The minimum absolute atomic E-state index is 0.0492. The Labute approximate surface area is 155 Å². The summed E-state index contributed by atoms with van der Waals surface area (Å²) in [5.74, 6) is -0.455. The van der Waals surface area contributed by atoms with Crippen molar-refractivity contribution >= 4 is 23.2 Å². The molecule has 136 valence electrons. The molecule has 0 saturated heterocycles. The number of hydrogen-bond acceptors (Lipinski definition) is 2. The average Bonchev–Trinajstić information content (AvgIpc) is 2.92. The topological polar surface area (TPSA) is 49.4 Å². The first kappa shape index (κ1) is 18.2. The highest BCUT2D eigenvalue weighted by atomic mass is 16.2. The zero-order valence-electron chi connectivity index (χ0n) is 16.1. The zero-order chi connectivity index (χ0) is 19.1. The van der Waals surface area contributed by atoms with Crippen LogP contribution in [0.2, 0.25) is 0 Å². The van der Waals surface area contributed by atoms with E-state index in [1.165, 1.54) is 0 Å². The summed E-state index contributed by atoms with van der Waals surface area (Å²) in [6.45, 7) is 9.38. The van der Waals surface area contributed by atoms with E-state index < -0.39 is 5.41 Å². The number of nitrogens with zero attached hydrogens (tertiary/aromatic N) is 1. The third-order valence-corrected chi connectivity index (χ3v) is 5.16. The summed E-state index contributed by atoms with van der Waals surface area (Å²) in [4.78, 5) is 28.0. The molecule has 0 spiro atoms. The number of para-hydroxylation sites is 1. The van der Waals surface area contributed by atoms with Gasteiger partial charge in [-0.2, -0.15) is 0 Å². The maximum Gasteiger partial charge on any atom is 0.242 e. The number of nitrogens with one attached hydrogen (secondary N) is 1. The molecule has 4 heteroatoms. The molecule has 0 fully saturated rings. The van der Waals surface area contributed by atoms with Crippen molar-refractivity contribution in [3.63, 3.8) is 0 Å². The van der Waals surface area contributed by atoms with E-state index in [-0.39, 0.29) is 17.9 Å². The van der Waals surface area contributed by atoms with Crippen LogP contribution in [0.5, 0.6) is 0 Å². The van der Waals surface area contributed by atoms with Crippen LogP contribution in [0.3, 0.4) is 0 Å². The van der Waals surface area contributed by atoms with Crippen LogP contribution in [-0.2, 0) is 16.0 Å². The van der Waals surface area contributed by atoms with E-state index in [1.807, 2.05) is 63.2 Å². The van der Waals surface area contributed by atoms with E-state index in [4.69, 9.17) is 0 Å². The van der Waals surface area contributed by atoms with Gasteiger partial charge < -0.3 is 10.2 Å². The molecule has 1 aliphatic rings. The van der Waals surface area contributed by atoms with Crippen LogP contribution in [0.15, 0.2) is 42.5 Å². The second-order valence-electron chi connectivity index (χ2n) is 7.75. The highest BCUT2D eigenvalue weighted by Gasteiger charge is 2.43. The lowest BCUT2D eigenvalue weighted by molar-refractivity contribution is -0.136. The molecule has 4 nitrogen and oxygen atoms in total. The molecule has 1 atom stereocenters. The number of carbonyl (C=O) groups is 2. The Morgan fingerprint density at radius 1 is 1.12 bits per heavy atom. The van der Waals surface area contributed by atoms with Gasteiger partial charge >= 0.3 is 0 Å². The van der Waals surface area contributed by atoms with Gasteiger partial charge in [0.1, 0.15) is 5.41 Å². The molecule has 3 rings (SSSR count). The smallest absolute Gasteiger partial charge is 0.242 e. The maximum absolute atomic E-state index is 13.3. The van der Waals surface area contributed by atoms with E-state index in [9.17, 15) is 9.59 Å². The quantitative estimate of drug-likeness (QED) is 0.842. The zero-order valence-corrected chi connectivity index (χ0v) is 16.1. The highest BCUT2D eigenvalue weighted by Crippen LogP contribution is 2.36. The number of benzene rings is 2. The fourth-order valence-corrected chi connectivity index (χ4v) is 3.51. The molecule has 1 aliphatic heterocycles. The van der Waals surface area contributed by atoms with Gasteiger partial charge in [0, 0.05) is 17.4 Å². The predicted octanol–water partition coefficient (Wildman–Crippen LogP) is 4.25. The van der Waals surface area contributed by atoms with Crippen molar-refractivity contribution in [3.05, 3.63) is 59.2 Å². The molecule has 0 saturated carbocycles. The van der Waals surface area contributed by atoms with E-state index >= 15 is 0 Å². The second kappa shape index (κ2) is 6.60. The van der Waals surface area contributed by atoms with Crippen LogP contribution in [-0.4, -0.2) is 17.9 Å². The molecule has 2 aromatic rings. The first-order valence-electron chi connectivity index (χ1n) is 9.02. The molecule has 26 heavy (non-hydrogen) atoms. The number of fused-ring (bicyclic) bond motifs is 1. The lowest BCUT2D eigenvalue weighted by atomic mass is 9.89. The molecule has 0 aliphatic carbocycles. The Morgan fingerprint density at radius 2 is 1.81 bits per heavy atom. The Balaban J connectivity index is 1.85. The standard InChI is InChI=1S/C22H26N2O2/c1-14-10-11-18(15(2)12-14)23-20(25)22(4,5)21(26)24-16(3)13-17-8-6-7-9-19(17)24/h6-12,16H,13H2,1-5H3,(H,23,25). The van der Waals surface area contributed by atoms with Crippen molar-refractivity contribution in [2.24, 2.45) is 5.41 Å². The average molecular weight is 350 g/mol. The molecular formula is C22H26N2O2. The maximum atomic E-state index is 13.3. The summed E-state index contributed by atoms with van der Waals surface area (Å²) < 4.78 is 0. The van der Waals surface area contributed by atoms with Crippen molar-refractivity contribution in [3.8, 4) is 0 Å². The fourth-order valence-electron chi connectivity index (χ4n) is 3.51. The summed E-state index contributed by atoms with van der Waals surface area (Å²) >= 11 is 0.